The molecular formula is C24H22ClN3O4. The van der Waals surface area contributed by atoms with Crippen LogP contribution in [0.2, 0.25) is 5.02 Å². The van der Waals surface area contributed by atoms with Gasteiger partial charge in [-0.25, -0.2) is 9.97 Å². The van der Waals surface area contributed by atoms with Gasteiger partial charge in [0.15, 0.2) is 23.0 Å². The SMILES string of the molecule is Cc1oc(-c2cc3c(cc2Cl)OCO3)nc1CN1CCC[C@@H](c2nc3ccccc3o2)C1. The summed E-state index contributed by atoms with van der Waals surface area (Å²) in [5, 5.41) is 0.524. The number of hydrogen-bond acceptors (Lipinski definition) is 7. The fourth-order valence-electron chi connectivity index (χ4n) is 4.45. The maximum Gasteiger partial charge on any atom is 0.231 e. The summed E-state index contributed by atoms with van der Waals surface area (Å²) < 4.78 is 22.9. The van der Waals surface area contributed by atoms with Crippen molar-refractivity contribution in [3.63, 3.8) is 0 Å². The molecule has 4 heterocycles. The van der Waals surface area contributed by atoms with E-state index in [4.69, 9.17) is 39.9 Å². The quantitative estimate of drug-likeness (QED) is 0.402. The number of rotatable bonds is 4. The van der Waals surface area contributed by atoms with Crippen LogP contribution in [0.4, 0.5) is 0 Å². The molecule has 0 saturated carbocycles. The number of hydrogen-bond donors (Lipinski definition) is 0. The predicted molar refractivity (Wildman–Crippen MR) is 119 cm³/mol. The Morgan fingerprint density at radius 3 is 2.81 bits per heavy atom. The first-order valence-corrected chi connectivity index (χ1v) is 11.2. The monoisotopic (exact) mass is 451 g/mol. The molecule has 8 heteroatoms. The van der Waals surface area contributed by atoms with Crippen LogP contribution in [0, 0.1) is 6.92 Å². The molecule has 7 nitrogen and oxygen atoms in total. The van der Waals surface area contributed by atoms with Crippen LogP contribution < -0.4 is 9.47 Å². The average molecular weight is 452 g/mol. The Bertz CT molecular complexity index is 1260. The van der Waals surface area contributed by atoms with E-state index in [-0.39, 0.29) is 12.7 Å². The Balaban J connectivity index is 1.21. The van der Waals surface area contributed by atoms with E-state index in [0.29, 0.717) is 34.5 Å². The van der Waals surface area contributed by atoms with Gasteiger partial charge in [-0.15, -0.1) is 0 Å². The van der Waals surface area contributed by atoms with Crippen LogP contribution in [0.25, 0.3) is 22.6 Å². The van der Waals surface area contributed by atoms with Crippen molar-refractivity contribution in [3.05, 3.63) is 58.8 Å². The first-order valence-electron chi connectivity index (χ1n) is 10.8. The third kappa shape index (κ3) is 3.51. The summed E-state index contributed by atoms with van der Waals surface area (Å²) in [7, 11) is 0. The molecule has 0 spiro atoms. The zero-order valence-corrected chi connectivity index (χ0v) is 18.4. The number of para-hydroxylation sites is 2. The smallest absolute Gasteiger partial charge is 0.231 e. The highest BCUT2D eigenvalue weighted by atomic mass is 35.5. The minimum atomic E-state index is 0.196. The number of piperidine rings is 1. The number of nitrogens with zero attached hydrogens (tertiary/aromatic N) is 3. The van der Waals surface area contributed by atoms with Crippen LogP contribution in [0.3, 0.4) is 0 Å². The molecule has 2 aliphatic rings. The molecule has 32 heavy (non-hydrogen) atoms. The van der Waals surface area contributed by atoms with Gasteiger partial charge in [-0.1, -0.05) is 23.7 Å². The van der Waals surface area contributed by atoms with Gasteiger partial charge >= 0.3 is 0 Å². The lowest BCUT2D eigenvalue weighted by molar-refractivity contribution is 0.174. The van der Waals surface area contributed by atoms with Crippen LogP contribution in [-0.4, -0.2) is 34.8 Å². The third-order valence-corrected chi connectivity index (χ3v) is 6.44. The molecule has 0 aliphatic carbocycles. The lowest BCUT2D eigenvalue weighted by atomic mass is 9.98. The highest BCUT2D eigenvalue weighted by Crippen LogP contribution is 2.41. The largest absolute Gasteiger partial charge is 0.454 e. The van der Waals surface area contributed by atoms with E-state index in [0.717, 1.165) is 54.4 Å². The lowest BCUT2D eigenvalue weighted by Gasteiger charge is -2.30. The summed E-state index contributed by atoms with van der Waals surface area (Å²) in [4.78, 5) is 11.9. The number of oxazole rings is 2. The van der Waals surface area contributed by atoms with Gasteiger partial charge in [0.25, 0.3) is 0 Å². The van der Waals surface area contributed by atoms with E-state index < -0.39 is 0 Å². The van der Waals surface area contributed by atoms with E-state index in [2.05, 4.69) is 4.90 Å². The minimum Gasteiger partial charge on any atom is -0.454 e. The summed E-state index contributed by atoms with van der Waals surface area (Å²) in [6.45, 7) is 4.72. The number of fused-ring (bicyclic) bond motifs is 2. The Hall–Kier alpha value is -3.03. The number of likely N-dealkylation sites (tertiary alicyclic amines) is 1. The molecule has 2 aliphatic heterocycles. The molecule has 6 rings (SSSR count). The molecular weight excluding hydrogens is 430 g/mol. The number of aromatic nitrogens is 2. The van der Waals surface area contributed by atoms with Crippen molar-refractivity contribution in [1.29, 1.82) is 0 Å². The first-order chi connectivity index (χ1) is 15.6. The maximum absolute atomic E-state index is 6.45. The van der Waals surface area contributed by atoms with Crippen molar-refractivity contribution in [2.24, 2.45) is 0 Å². The topological polar surface area (TPSA) is 73.8 Å². The predicted octanol–water partition coefficient (Wildman–Crippen LogP) is 5.55. The normalized spacial score (nSPS) is 18.5. The highest BCUT2D eigenvalue weighted by Gasteiger charge is 2.27. The van der Waals surface area contributed by atoms with Gasteiger partial charge in [0, 0.05) is 25.1 Å². The molecule has 2 aromatic heterocycles. The van der Waals surface area contributed by atoms with Gasteiger partial charge in [0.1, 0.15) is 11.3 Å². The van der Waals surface area contributed by atoms with Gasteiger partial charge in [-0.2, -0.15) is 0 Å². The minimum absolute atomic E-state index is 0.196. The van der Waals surface area contributed by atoms with E-state index in [1.807, 2.05) is 37.3 Å². The lowest BCUT2D eigenvalue weighted by Crippen LogP contribution is -2.34. The zero-order valence-electron chi connectivity index (χ0n) is 17.6. The van der Waals surface area contributed by atoms with Gasteiger partial charge in [0.2, 0.25) is 12.7 Å². The van der Waals surface area contributed by atoms with Gasteiger partial charge < -0.3 is 18.3 Å². The Labute approximate surface area is 189 Å². The van der Waals surface area contributed by atoms with Crippen molar-refractivity contribution in [3.8, 4) is 23.0 Å². The molecule has 2 aromatic carbocycles. The second-order valence-electron chi connectivity index (χ2n) is 8.30. The number of halogens is 1. The molecule has 4 aromatic rings. The van der Waals surface area contributed by atoms with Crippen molar-refractivity contribution >= 4 is 22.7 Å². The first kappa shape index (κ1) is 19.6. The standard InChI is InChI=1S/C24H22ClN3O4/c1-14-19(27-24(31-14)16-9-21-22(10-17(16)25)30-13-29-21)12-28-8-4-5-15(11-28)23-26-18-6-2-3-7-20(18)32-23/h2-3,6-7,9-10,15H,4-5,8,11-13H2,1H3/t15-/m1/s1. The average Bonchev–Trinajstić information content (AvgIpc) is 3.51. The molecule has 164 valence electrons. The molecule has 0 amide bonds. The molecule has 1 atom stereocenters. The summed E-state index contributed by atoms with van der Waals surface area (Å²) in [6.07, 6.45) is 2.15. The summed E-state index contributed by atoms with van der Waals surface area (Å²) in [5.74, 6) is 3.66. The zero-order chi connectivity index (χ0) is 21.7. The Morgan fingerprint density at radius 1 is 1.09 bits per heavy atom. The van der Waals surface area contributed by atoms with Crippen molar-refractivity contribution in [2.45, 2.75) is 32.2 Å². The molecule has 0 unspecified atom stereocenters. The van der Waals surface area contributed by atoms with Crippen LogP contribution >= 0.6 is 11.6 Å². The molecule has 1 saturated heterocycles. The molecule has 0 N–H and O–H groups in total. The van der Waals surface area contributed by atoms with Crippen molar-refractivity contribution < 1.29 is 18.3 Å². The second-order valence-corrected chi connectivity index (χ2v) is 8.71. The molecule has 0 bridgehead atoms. The highest BCUT2D eigenvalue weighted by molar-refractivity contribution is 6.33. The Kier molecular flexibility index (Phi) is 4.81. The van der Waals surface area contributed by atoms with Crippen molar-refractivity contribution in [1.82, 2.24) is 14.9 Å². The molecule has 0 radical (unpaired) electrons. The van der Waals surface area contributed by atoms with Crippen LogP contribution in [0.15, 0.2) is 45.2 Å². The summed E-state index contributed by atoms with van der Waals surface area (Å²) in [5.41, 5.74) is 3.37. The van der Waals surface area contributed by atoms with Crippen LogP contribution in [-0.2, 0) is 6.54 Å². The summed E-state index contributed by atoms with van der Waals surface area (Å²) >= 11 is 6.45. The van der Waals surface area contributed by atoms with Gasteiger partial charge in [-0.05, 0) is 44.5 Å². The van der Waals surface area contributed by atoms with Crippen molar-refractivity contribution in [2.75, 3.05) is 19.9 Å². The third-order valence-electron chi connectivity index (χ3n) is 6.12. The van der Waals surface area contributed by atoms with Gasteiger partial charge in [0.05, 0.1) is 16.3 Å². The van der Waals surface area contributed by atoms with Crippen LogP contribution in [0.1, 0.15) is 36.1 Å². The fourth-order valence-corrected chi connectivity index (χ4v) is 4.68. The van der Waals surface area contributed by atoms with Gasteiger partial charge in [-0.3, -0.25) is 4.90 Å². The number of ether oxygens (including phenoxy) is 2. The fraction of sp³-hybridized carbons (Fsp3) is 0.333. The summed E-state index contributed by atoms with van der Waals surface area (Å²) in [6, 6.07) is 11.5. The van der Waals surface area contributed by atoms with E-state index in [1.165, 1.54) is 0 Å². The number of aryl methyl sites for hydroxylation is 1. The van der Waals surface area contributed by atoms with Crippen LogP contribution in [0.5, 0.6) is 11.5 Å². The van der Waals surface area contributed by atoms with E-state index in [1.54, 1.807) is 6.07 Å². The van der Waals surface area contributed by atoms with E-state index >= 15 is 0 Å². The Morgan fingerprint density at radius 2 is 1.94 bits per heavy atom. The van der Waals surface area contributed by atoms with E-state index in [9.17, 15) is 0 Å². The maximum atomic E-state index is 6.45. The molecule has 1 fully saturated rings. The second kappa shape index (κ2) is 7.83. The number of benzene rings is 2.